The molecule has 0 aliphatic rings. The number of aromatic nitrogens is 2. The van der Waals surface area contributed by atoms with Crippen LogP contribution in [-0.2, 0) is 0 Å². The zero-order chi connectivity index (χ0) is 17.8. The Hall–Kier alpha value is -3.42. The van der Waals surface area contributed by atoms with Crippen LogP contribution in [0.1, 0.15) is 10.4 Å². The summed E-state index contributed by atoms with van der Waals surface area (Å²) in [6, 6.07) is 8.99. The lowest BCUT2D eigenvalue weighted by Crippen LogP contribution is -2.13. The molecule has 126 valence electrons. The maximum Gasteiger partial charge on any atom is 0.258 e. The minimum atomic E-state index is -1.07. The van der Waals surface area contributed by atoms with Gasteiger partial charge in [0.25, 0.3) is 5.91 Å². The van der Waals surface area contributed by atoms with Crippen LogP contribution in [0.25, 0.3) is 0 Å². The summed E-state index contributed by atoms with van der Waals surface area (Å²) in [6.07, 6.45) is 2.46. The highest BCUT2D eigenvalue weighted by atomic mass is 19.2. The number of amides is 1. The van der Waals surface area contributed by atoms with Crippen molar-refractivity contribution >= 4 is 23.2 Å². The number of carbonyl (C=O) groups excluding carboxylic acids is 1. The van der Waals surface area contributed by atoms with Crippen molar-refractivity contribution in [2.45, 2.75) is 0 Å². The van der Waals surface area contributed by atoms with Crippen molar-refractivity contribution in [3.63, 3.8) is 0 Å². The third-order valence-electron chi connectivity index (χ3n) is 3.21. The minimum absolute atomic E-state index is 0.0949. The SMILES string of the molecule is O=C(Nc1ccc(F)c(F)c1)c1cnc(Nc2ccccc2F)nc1. The summed E-state index contributed by atoms with van der Waals surface area (Å²) in [5.41, 5.74) is 0.391. The van der Waals surface area contributed by atoms with Gasteiger partial charge in [-0.05, 0) is 24.3 Å². The van der Waals surface area contributed by atoms with Crippen LogP contribution in [0.3, 0.4) is 0 Å². The average molecular weight is 344 g/mol. The molecular weight excluding hydrogens is 333 g/mol. The van der Waals surface area contributed by atoms with Gasteiger partial charge in [-0.25, -0.2) is 23.1 Å². The van der Waals surface area contributed by atoms with Gasteiger partial charge in [0.2, 0.25) is 5.95 Å². The molecule has 5 nitrogen and oxygen atoms in total. The van der Waals surface area contributed by atoms with E-state index < -0.39 is 23.4 Å². The van der Waals surface area contributed by atoms with Gasteiger partial charge in [0.05, 0.1) is 11.3 Å². The van der Waals surface area contributed by atoms with Crippen LogP contribution < -0.4 is 10.6 Å². The van der Waals surface area contributed by atoms with Crippen molar-refractivity contribution in [3.8, 4) is 0 Å². The van der Waals surface area contributed by atoms with E-state index in [0.717, 1.165) is 12.1 Å². The second kappa shape index (κ2) is 7.00. The maximum absolute atomic E-state index is 13.5. The molecule has 0 saturated carbocycles. The standard InChI is InChI=1S/C17H11F3N4O/c18-12-6-5-11(7-14(12)20)23-16(25)10-8-21-17(22-9-10)24-15-4-2-1-3-13(15)19/h1-9H,(H,23,25)(H,21,22,24). The number of benzene rings is 2. The Morgan fingerprint density at radius 2 is 1.60 bits per heavy atom. The first-order chi connectivity index (χ1) is 12.0. The second-order valence-corrected chi connectivity index (χ2v) is 4.98. The van der Waals surface area contributed by atoms with Crippen LogP contribution in [0.15, 0.2) is 54.9 Å². The fraction of sp³-hybridized carbons (Fsp3) is 0. The van der Waals surface area contributed by atoms with Gasteiger partial charge in [-0.15, -0.1) is 0 Å². The number of carbonyl (C=O) groups is 1. The first-order valence-electron chi connectivity index (χ1n) is 7.13. The molecule has 1 aromatic heterocycles. The molecule has 2 aromatic carbocycles. The maximum atomic E-state index is 13.5. The molecular formula is C17H11F3N4O. The van der Waals surface area contributed by atoms with Crippen LogP contribution in [-0.4, -0.2) is 15.9 Å². The summed E-state index contributed by atoms with van der Waals surface area (Å²) in [5, 5.41) is 5.08. The van der Waals surface area contributed by atoms with Gasteiger partial charge in [-0.1, -0.05) is 12.1 Å². The van der Waals surface area contributed by atoms with Crippen LogP contribution in [0.4, 0.5) is 30.5 Å². The third kappa shape index (κ3) is 3.92. The Bertz CT molecular complexity index is 916. The largest absolute Gasteiger partial charge is 0.322 e. The molecule has 0 bridgehead atoms. The van der Waals surface area contributed by atoms with E-state index in [4.69, 9.17) is 0 Å². The van der Waals surface area contributed by atoms with Crippen molar-refractivity contribution in [1.82, 2.24) is 9.97 Å². The quantitative estimate of drug-likeness (QED) is 0.753. The van der Waals surface area contributed by atoms with E-state index in [1.165, 1.54) is 30.6 Å². The molecule has 0 aliphatic heterocycles. The van der Waals surface area contributed by atoms with E-state index >= 15 is 0 Å². The van der Waals surface area contributed by atoms with Crippen molar-refractivity contribution in [1.29, 1.82) is 0 Å². The number of para-hydroxylation sites is 1. The summed E-state index contributed by atoms with van der Waals surface area (Å²) in [7, 11) is 0. The zero-order valence-electron chi connectivity index (χ0n) is 12.6. The zero-order valence-corrected chi connectivity index (χ0v) is 12.6. The smallest absolute Gasteiger partial charge is 0.258 e. The lowest BCUT2D eigenvalue weighted by atomic mass is 10.2. The molecule has 0 aliphatic carbocycles. The number of anilines is 3. The molecule has 25 heavy (non-hydrogen) atoms. The summed E-state index contributed by atoms with van der Waals surface area (Å²) in [5.74, 6) is -3.03. The minimum Gasteiger partial charge on any atom is -0.322 e. The number of hydrogen-bond acceptors (Lipinski definition) is 4. The molecule has 0 spiro atoms. The number of nitrogens with one attached hydrogen (secondary N) is 2. The van der Waals surface area contributed by atoms with Gasteiger partial charge in [0.15, 0.2) is 11.6 Å². The van der Waals surface area contributed by atoms with E-state index in [0.29, 0.717) is 0 Å². The number of hydrogen-bond donors (Lipinski definition) is 2. The monoisotopic (exact) mass is 344 g/mol. The molecule has 0 fully saturated rings. The summed E-state index contributed by atoms with van der Waals surface area (Å²) < 4.78 is 39.6. The van der Waals surface area contributed by atoms with Crippen LogP contribution in [0, 0.1) is 17.5 Å². The lowest BCUT2D eigenvalue weighted by Gasteiger charge is -2.07. The van der Waals surface area contributed by atoms with Gasteiger partial charge in [0, 0.05) is 24.1 Å². The van der Waals surface area contributed by atoms with Crippen molar-refractivity contribution in [2.75, 3.05) is 10.6 Å². The van der Waals surface area contributed by atoms with E-state index in [1.54, 1.807) is 12.1 Å². The summed E-state index contributed by atoms with van der Waals surface area (Å²) >= 11 is 0. The van der Waals surface area contributed by atoms with Gasteiger partial charge in [0.1, 0.15) is 5.82 Å². The van der Waals surface area contributed by atoms with Gasteiger partial charge in [-0.3, -0.25) is 4.79 Å². The number of rotatable bonds is 4. The highest BCUT2D eigenvalue weighted by molar-refractivity contribution is 6.03. The molecule has 0 saturated heterocycles. The fourth-order valence-electron chi connectivity index (χ4n) is 1.97. The van der Waals surface area contributed by atoms with Crippen LogP contribution in [0.5, 0.6) is 0 Å². The Morgan fingerprint density at radius 1 is 0.880 bits per heavy atom. The first-order valence-corrected chi connectivity index (χ1v) is 7.13. The number of nitrogens with zero attached hydrogens (tertiary/aromatic N) is 2. The molecule has 0 atom stereocenters. The molecule has 0 unspecified atom stereocenters. The summed E-state index contributed by atoms with van der Waals surface area (Å²) in [4.78, 5) is 19.9. The predicted octanol–water partition coefficient (Wildman–Crippen LogP) is 3.89. The fourth-order valence-corrected chi connectivity index (χ4v) is 1.97. The van der Waals surface area contributed by atoms with E-state index in [-0.39, 0.29) is 22.9 Å². The van der Waals surface area contributed by atoms with Crippen molar-refractivity contribution in [2.24, 2.45) is 0 Å². The Balaban J connectivity index is 1.70. The predicted molar refractivity (Wildman–Crippen MR) is 86.0 cm³/mol. The Morgan fingerprint density at radius 3 is 2.28 bits per heavy atom. The third-order valence-corrected chi connectivity index (χ3v) is 3.21. The first kappa shape index (κ1) is 16.4. The van der Waals surface area contributed by atoms with Gasteiger partial charge >= 0.3 is 0 Å². The van der Waals surface area contributed by atoms with Gasteiger partial charge < -0.3 is 10.6 Å². The summed E-state index contributed by atoms with van der Waals surface area (Å²) in [6.45, 7) is 0. The van der Waals surface area contributed by atoms with Crippen molar-refractivity contribution < 1.29 is 18.0 Å². The number of halogens is 3. The molecule has 1 amide bonds. The second-order valence-electron chi connectivity index (χ2n) is 4.98. The molecule has 3 aromatic rings. The van der Waals surface area contributed by atoms with Crippen molar-refractivity contribution in [3.05, 3.63) is 77.9 Å². The molecule has 0 radical (unpaired) electrons. The van der Waals surface area contributed by atoms with Crippen LogP contribution >= 0.6 is 0 Å². The van der Waals surface area contributed by atoms with Gasteiger partial charge in [-0.2, -0.15) is 0 Å². The molecule has 8 heteroatoms. The highest BCUT2D eigenvalue weighted by Gasteiger charge is 2.10. The van der Waals surface area contributed by atoms with Crippen LogP contribution in [0.2, 0.25) is 0 Å². The Kier molecular flexibility index (Phi) is 4.60. The van der Waals surface area contributed by atoms with E-state index in [9.17, 15) is 18.0 Å². The topological polar surface area (TPSA) is 66.9 Å². The van der Waals surface area contributed by atoms with E-state index in [2.05, 4.69) is 20.6 Å². The normalized spacial score (nSPS) is 10.4. The Labute approximate surface area is 140 Å². The molecule has 3 rings (SSSR count). The highest BCUT2D eigenvalue weighted by Crippen LogP contribution is 2.17. The van der Waals surface area contributed by atoms with E-state index in [1.807, 2.05) is 0 Å². The molecule has 2 N–H and O–H groups in total. The molecule has 1 heterocycles. The lowest BCUT2D eigenvalue weighted by molar-refractivity contribution is 0.102. The average Bonchev–Trinajstić information content (AvgIpc) is 2.61.